The molecule has 1 aromatic carbocycles. The molecule has 2 atom stereocenters. The van der Waals surface area contributed by atoms with Gasteiger partial charge in [-0.05, 0) is 36.5 Å². The average Bonchev–Trinajstić information content (AvgIpc) is 2.74. The summed E-state index contributed by atoms with van der Waals surface area (Å²) in [7, 11) is 0. The van der Waals surface area contributed by atoms with Gasteiger partial charge in [0.1, 0.15) is 0 Å². The third-order valence-electron chi connectivity index (χ3n) is 3.47. The van der Waals surface area contributed by atoms with Gasteiger partial charge in [-0.1, -0.05) is 37.1 Å². The lowest BCUT2D eigenvalue weighted by Crippen LogP contribution is -2.41. The second-order valence-electron chi connectivity index (χ2n) is 4.80. The minimum absolute atomic E-state index is 0. The number of hydrogen-bond donors (Lipinski definition) is 2. The van der Waals surface area contributed by atoms with Gasteiger partial charge in [0.2, 0.25) is 5.91 Å². The minimum atomic E-state index is -0.404. The Morgan fingerprint density at radius 2 is 2.32 bits per heavy atom. The van der Waals surface area contributed by atoms with E-state index in [2.05, 4.69) is 5.32 Å². The highest BCUT2D eigenvalue weighted by molar-refractivity contribution is 6.31. The summed E-state index contributed by atoms with van der Waals surface area (Å²) >= 11 is 6.15. The maximum atomic E-state index is 11.9. The number of hydrogen-bond acceptors (Lipinski definition) is 2. The SMILES string of the molecule is CCCC(N)C(=O)NC1CCc2c(Cl)cccc21.Cl. The van der Waals surface area contributed by atoms with Crippen LogP contribution in [0.2, 0.25) is 5.02 Å². The molecule has 1 aliphatic carbocycles. The van der Waals surface area contributed by atoms with Crippen molar-refractivity contribution in [3.05, 3.63) is 34.3 Å². The number of benzene rings is 1. The molecule has 3 N–H and O–H groups in total. The van der Waals surface area contributed by atoms with E-state index in [1.54, 1.807) is 0 Å². The van der Waals surface area contributed by atoms with Crippen LogP contribution in [0.1, 0.15) is 43.4 Å². The molecule has 0 radical (unpaired) electrons. The molecule has 2 rings (SSSR count). The van der Waals surface area contributed by atoms with Crippen molar-refractivity contribution in [2.75, 3.05) is 0 Å². The molecule has 0 spiro atoms. The van der Waals surface area contributed by atoms with E-state index >= 15 is 0 Å². The lowest BCUT2D eigenvalue weighted by molar-refractivity contribution is -0.123. The van der Waals surface area contributed by atoms with Crippen LogP contribution in [0.15, 0.2) is 18.2 Å². The number of nitrogens with one attached hydrogen (secondary N) is 1. The number of halogens is 2. The third-order valence-corrected chi connectivity index (χ3v) is 3.82. The van der Waals surface area contributed by atoms with Crippen molar-refractivity contribution >= 4 is 29.9 Å². The van der Waals surface area contributed by atoms with E-state index in [4.69, 9.17) is 17.3 Å². The van der Waals surface area contributed by atoms with Gasteiger partial charge in [0.05, 0.1) is 12.1 Å². The van der Waals surface area contributed by atoms with Crippen LogP contribution in [-0.4, -0.2) is 11.9 Å². The van der Waals surface area contributed by atoms with Crippen molar-refractivity contribution < 1.29 is 4.79 Å². The van der Waals surface area contributed by atoms with Crippen LogP contribution >= 0.6 is 24.0 Å². The first-order valence-electron chi connectivity index (χ1n) is 6.46. The Morgan fingerprint density at radius 3 is 3.00 bits per heavy atom. The molecule has 3 nitrogen and oxygen atoms in total. The van der Waals surface area contributed by atoms with Crippen LogP contribution in [-0.2, 0) is 11.2 Å². The molecule has 0 heterocycles. The smallest absolute Gasteiger partial charge is 0.237 e. The first kappa shape index (κ1) is 16.3. The van der Waals surface area contributed by atoms with Crippen LogP contribution in [0, 0.1) is 0 Å². The van der Waals surface area contributed by atoms with Gasteiger partial charge >= 0.3 is 0 Å². The van der Waals surface area contributed by atoms with E-state index in [9.17, 15) is 4.79 Å². The molecule has 1 amide bonds. The normalized spacial score (nSPS) is 18.4. The summed E-state index contributed by atoms with van der Waals surface area (Å²) in [6.07, 6.45) is 3.47. The Labute approximate surface area is 125 Å². The topological polar surface area (TPSA) is 55.1 Å². The van der Waals surface area contributed by atoms with Crippen LogP contribution in [0.5, 0.6) is 0 Å². The maximum Gasteiger partial charge on any atom is 0.237 e. The van der Waals surface area contributed by atoms with E-state index < -0.39 is 6.04 Å². The van der Waals surface area contributed by atoms with Crippen LogP contribution in [0.4, 0.5) is 0 Å². The molecule has 19 heavy (non-hydrogen) atoms. The van der Waals surface area contributed by atoms with Gasteiger partial charge < -0.3 is 11.1 Å². The maximum absolute atomic E-state index is 11.9. The number of carbonyl (C=O) groups is 1. The molecule has 1 aromatic rings. The first-order valence-corrected chi connectivity index (χ1v) is 6.84. The molecule has 0 aliphatic heterocycles. The highest BCUT2D eigenvalue weighted by atomic mass is 35.5. The van der Waals surface area contributed by atoms with Gasteiger partial charge in [-0.15, -0.1) is 12.4 Å². The van der Waals surface area contributed by atoms with Crippen molar-refractivity contribution in [3.63, 3.8) is 0 Å². The zero-order valence-corrected chi connectivity index (χ0v) is 12.6. The Morgan fingerprint density at radius 1 is 1.58 bits per heavy atom. The Bertz CT molecular complexity index is 451. The summed E-state index contributed by atoms with van der Waals surface area (Å²) in [6.45, 7) is 2.03. The van der Waals surface area contributed by atoms with Gasteiger partial charge in [0.15, 0.2) is 0 Å². The molecule has 1 aliphatic rings. The molecular weight excluding hydrogens is 283 g/mol. The number of carbonyl (C=O) groups excluding carboxylic acids is 1. The van der Waals surface area contributed by atoms with E-state index in [1.807, 2.05) is 25.1 Å². The molecule has 106 valence electrons. The summed E-state index contributed by atoms with van der Waals surface area (Å²) < 4.78 is 0. The van der Waals surface area contributed by atoms with Crippen molar-refractivity contribution in [1.29, 1.82) is 0 Å². The predicted octanol–water partition coefficient (Wildman–Crippen LogP) is 2.99. The molecule has 0 fully saturated rings. The molecule has 2 unspecified atom stereocenters. The summed E-state index contributed by atoms with van der Waals surface area (Å²) in [5.74, 6) is -0.0605. The summed E-state index contributed by atoms with van der Waals surface area (Å²) in [6, 6.07) is 5.52. The van der Waals surface area contributed by atoms with Crippen molar-refractivity contribution in [2.24, 2.45) is 5.73 Å². The predicted molar refractivity (Wildman–Crippen MR) is 80.8 cm³/mol. The molecule has 0 aromatic heterocycles. The quantitative estimate of drug-likeness (QED) is 0.898. The number of rotatable bonds is 4. The van der Waals surface area contributed by atoms with Crippen molar-refractivity contribution in [2.45, 2.75) is 44.7 Å². The number of fused-ring (bicyclic) bond motifs is 1. The van der Waals surface area contributed by atoms with E-state index in [0.717, 1.165) is 41.8 Å². The van der Waals surface area contributed by atoms with Crippen molar-refractivity contribution in [3.8, 4) is 0 Å². The molecule has 5 heteroatoms. The molecular formula is C14H20Cl2N2O. The Balaban J connectivity index is 0.00000180. The highest BCUT2D eigenvalue weighted by Gasteiger charge is 2.26. The van der Waals surface area contributed by atoms with Gasteiger partial charge in [0, 0.05) is 5.02 Å². The first-order chi connectivity index (χ1) is 8.63. The monoisotopic (exact) mass is 302 g/mol. The second kappa shape index (κ2) is 7.13. The summed E-state index contributed by atoms with van der Waals surface area (Å²) in [4.78, 5) is 11.9. The molecule has 0 saturated heterocycles. The fourth-order valence-corrected chi connectivity index (χ4v) is 2.76. The second-order valence-corrected chi connectivity index (χ2v) is 5.21. The van der Waals surface area contributed by atoms with Crippen LogP contribution in [0.3, 0.4) is 0 Å². The van der Waals surface area contributed by atoms with Gasteiger partial charge in [0.25, 0.3) is 0 Å². The third kappa shape index (κ3) is 3.62. The zero-order chi connectivity index (χ0) is 13.1. The number of nitrogens with two attached hydrogens (primary N) is 1. The fourth-order valence-electron chi connectivity index (χ4n) is 2.48. The standard InChI is InChI=1S/C14H19ClN2O.ClH/c1-2-4-12(16)14(18)17-13-8-7-9-10(13)5-3-6-11(9)15;/h3,5-6,12-13H,2,4,7-8,16H2,1H3,(H,17,18);1H. The van der Waals surface area contributed by atoms with Gasteiger partial charge in [-0.25, -0.2) is 0 Å². The lowest BCUT2D eigenvalue weighted by atomic mass is 10.1. The van der Waals surface area contributed by atoms with E-state index in [-0.39, 0.29) is 24.4 Å². The largest absolute Gasteiger partial charge is 0.348 e. The summed E-state index contributed by atoms with van der Waals surface area (Å²) in [5, 5.41) is 3.82. The minimum Gasteiger partial charge on any atom is -0.348 e. The van der Waals surface area contributed by atoms with Crippen molar-refractivity contribution in [1.82, 2.24) is 5.32 Å². The lowest BCUT2D eigenvalue weighted by Gasteiger charge is -2.17. The van der Waals surface area contributed by atoms with E-state index in [1.165, 1.54) is 0 Å². The Kier molecular flexibility index (Phi) is 6.11. The van der Waals surface area contributed by atoms with Crippen LogP contribution in [0.25, 0.3) is 0 Å². The zero-order valence-electron chi connectivity index (χ0n) is 11.0. The van der Waals surface area contributed by atoms with Crippen LogP contribution < -0.4 is 11.1 Å². The molecule has 0 bridgehead atoms. The Hall–Kier alpha value is -0.770. The average molecular weight is 303 g/mol. The molecule has 0 saturated carbocycles. The van der Waals surface area contributed by atoms with Gasteiger partial charge in [-0.3, -0.25) is 4.79 Å². The highest BCUT2D eigenvalue weighted by Crippen LogP contribution is 2.35. The summed E-state index contributed by atoms with van der Waals surface area (Å²) in [5.41, 5.74) is 8.12. The fraction of sp³-hybridized carbons (Fsp3) is 0.500. The van der Waals surface area contributed by atoms with Gasteiger partial charge in [-0.2, -0.15) is 0 Å². The van der Waals surface area contributed by atoms with E-state index in [0.29, 0.717) is 0 Å². The number of amides is 1.